The maximum atomic E-state index is 14.2. The van der Waals surface area contributed by atoms with E-state index in [2.05, 4.69) is 40.7 Å². The van der Waals surface area contributed by atoms with E-state index in [-0.39, 0.29) is 5.82 Å². The third-order valence-electron chi connectivity index (χ3n) is 4.84. The third kappa shape index (κ3) is 5.25. The third-order valence-corrected chi connectivity index (χ3v) is 5.87. The Balaban J connectivity index is 1.86. The molecule has 4 nitrogen and oxygen atoms in total. The molecular formula is C24H28FN3OS. The number of nitrogens with zero attached hydrogens (tertiary/aromatic N) is 3. The Morgan fingerprint density at radius 3 is 2.57 bits per heavy atom. The normalized spacial score (nSPS) is 10.8. The standard InChI is InChI=1S/C24H28FN3OS/c1-5-7-12-28(16-19-10-8-9-11-21(19)25)24-27-26-23(30-24)20-14-17(3)22(18(4)15-20)29-13-6-2/h6,8-11,14-15H,2,5,7,12-13,16H2,1,3-4H3. The first kappa shape index (κ1) is 22.0. The van der Waals surface area contributed by atoms with Gasteiger partial charge in [-0.2, -0.15) is 0 Å². The molecule has 0 radical (unpaired) electrons. The smallest absolute Gasteiger partial charge is 0.208 e. The van der Waals surface area contributed by atoms with Crippen LogP contribution in [0.25, 0.3) is 10.6 Å². The molecular weight excluding hydrogens is 397 g/mol. The van der Waals surface area contributed by atoms with Crippen molar-refractivity contribution < 1.29 is 9.13 Å². The van der Waals surface area contributed by atoms with E-state index in [0.29, 0.717) is 18.7 Å². The van der Waals surface area contributed by atoms with Crippen molar-refractivity contribution in [2.75, 3.05) is 18.1 Å². The first-order valence-electron chi connectivity index (χ1n) is 10.2. The highest BCUT2D eigenvalue weighted by molar-refractivity contribution is 7.18. The van der Waals surface area contributed by atoms with E-state index in [1.165, 1.54) is 17.4 Å². The maximum absolute atomic E-state index is 14.2. The van der Waals surface area contributed by atoms with Crippen molar-refractivity contribution in [3.05, 3.63) is 71.6 Å². The molecule has 0 saturated carbocycles. The van der Waals surface area contributed by atoms with Crippen molar-refractivity contribution >= 4 is 16.5 Å². The summed E-state index contributed by atoms with van der Waals surface area (Å²) in [6.45, 7) is 11.7. The van der Waals surface area contributed by atoms with Crippen molar-refractivity contribution in [2.45, 2.75) is 40.2 Å². The van der Waals surface area contributed by atoms with Gasteiger partial charge in [0, 0.05) is 24.2 Å². The van der Waals surface area contributed by atoms with Crippen LogP contribution in [0.4, 0.5) is 9.52 Å². The zero-order chi connectivity index (χ0) is 21.5. The van der Waals surface area contributed by atoms with Crippen LogP contribution in [0, 0.1) is 19.7 Å². The molecule has 0 bridgehead atoms. The minimum atomic E-state index is -0.190. The second kappa shape index (κ2) is 10.3. The van der Waals surface area contributed by atoms with Crippen molar-refractivity contribution in [3.8, 4) is 16.3 Å². The predicted molar refractivity (Wildman–Crippen MR) is 123 cm³/mol. The molecule has 30 heavy (non-hydrogen) atoms. The number of anilines is 1. The van der Waals surface area contributed by atoms with Gasteiger partial charge in [0.1, 0.15) is 23.2 Å². The monoisotopic (exact) mass is 425 g/mol. The maximum Gasteiger partial charge on any atom is 0.208 e. The molecule has 0 N–H and O–H groups in total. The molecule has 0 fully saturated rings. The molecule has 1 heterocycles. The summed E-state index contributed by atoms with van der Waals surface area (Å²) in [6.07, 6.45) is 3.81. The summed E-state index contributed by atoms with van der Waals surface area (Å²) in [7, 11) is 0. The van der Waals surface area contributed by atoms with Gasteiger partial charge in [0.25, 0.3) is 0 Å². The van der Waals surface area contributed by atoms with E-state index in [4.69, 9.17) is 4.74 Å². The van der Waals surface area contributed by atoms with Crippen LogP contribution in [0.2, 0.25) is 0 Å². The van der Waals surface area contributed by atoms with Crippen LogP contribution < -0.4 is 9.64 Å². The summed E-state index contributed by atoms with van der Waals surface area (Å²) in [5.41, 5.74) is 3.79. The molecule has 3 rings (SSSR count). The molecule has 0 atom stereocenters. The van der Waals surface area contributed by atoms with Crippen molar-refractivity contribution in [2.24, 2.45) is 0 Å². The van der Waals surface area contributed by atoms with Gasteiger partial charge in [-0.15, -0.1) is 10.2 Å². The SMILES string of the molecule is C=CCOc1c(C)cc(-c2nnc(N(CCCC)Cc3ccccc3F)s2)cc1C. The lowest BCUT2D eigenvalue weighted by atomic mass is 10.1. The van der Waals surface area contributed by atoms with Gasteiger partial charge >= 0.3 is 0 Å². The molecule has 2 aromatic carbocycles. The Morgan fingerprint density at radius 2 is 1.90 bits per heavy atom. The summed E-state index contributed by atoms with van der Waals surface area (Å²) >= 11 is 1.54. The van der Waals surface area contributed by atoms with E-state index < -0.39 is 0 Å². The number of aromatic nitrogens is 2. The van der Waals surface area contributed by atoms with E-state index in [1.807, 2.05) is 26.0 Å². The number of rotatable bonds is 10. The fourth-order valence-electron chi connectivity index (χ4n) is 3.33. The summed E-state index contributed by atoms with van der Waals surface area (Å²) in [4.78, 5) is 2.12. The van der Waals surface area contributed by atoms with Crippen LogP contribution >= 0.6 is 11.3 Å². The minimum absolute atomic E-state index is 0.190. The van der Waals surface area contributed by atoms with Gasteiger partial charge < -0.3 is 9.64 Å². The summed E-state index contributed by atoms with van der Waals surface area (Å²) < 4.78 is 20.0. The molecule has 0 aliphatic carbocycles. The van der Waals surface area contributed by atoms with Crippen LogP contribution in [-0.2, 0) is 6.54 Å². The molecule has 1 aromatic heterocycles. The van der Waals surface area contributed by atoms with Crippen molar-refractivity contribution in [1.82, 2.24) is 10.2 Å². The van der Waals surface area contributed by atoms with Gasteiger partial charge in [0.05, 0.1) is 0 Å². The first-order valence-corrected chi connectivity index (χ1v) is 11.0. The summed E-state index contributed by atoms with van der Waals surface area (Å²) in [5.74, 6) is 0.692. The minimum Gasteiger partial charge on any atom is -0.489 e. The number of ether oxygens (including phenoxy) is 1. The lowest BCUT2D eigenvalue weighted by Gasteiger charge is -2.21. The number of benzene rings is 2. The second-order valence-electron chi connectivity index (χ2n) is 7.30. The Kier molecular flexibility index (Phi) is 7.57. The molecule has 0 aliphatic heterocycles. The molecule has 0 aliphatic rings. The largest absolute Gasteiger partial charge is 0.489 e. The Hall–Kier alpha value is -2.73. The van der Waals surface area contributed by atoms with Gasteiger partial charge in [0.15, 0.2) is 0 Å². The average molecular weight is 426 g/mol. The lowest BCUT2D eigenvalue weighted by molar-refractivity contribution is 0.358. The Bertz CT molecular complexity index is 979. The number of hydrogen-bond acceptors (Lipinski definition) is 5. The number of unbranched alkanes of at least 4 members (excludes halogenated alkanes) is 1. The van der Waals surface area contributed by atoms with Gasteiger partial charge in [-0.1, -0.05) is 55.5 Å². The molecule has 158 valence electrons. The fourth-order valence-corrected chi connectivity index (χ4v) is 4.18. The van der Waals surface area contributed by atoms with E-state index in [0.717, 1.165) is 52.0 Å². The molecule has 0 unspecified atom stereocenters. The predicted octanol–water partition coefficient (Wildman–Crippen LogP) is 6.33. The van der Waals surface area contributed by atoms with Crippen molar-refractivity contribution in [3.63, 3.8) is 0 Å². The van der Waals surface area contributed by atoms with Crippen LogP contribution in [0.1, 0.15) is 36.5 Å². The van der Waals surface area contributed by atoms with E-state index >= 15 is 0 Å². The Morgan fingerprint density at radius 1 is 1.17 bits per heavy atom. The first-order chi connectivity index (χ1) is 14.5. The van der Waals surface area contributed by atoms with Crippen LogP contribution in [0.15, 0.2) is 49.1 Å². The molecule has 0 saturated heterocycles. The zero-order valence-corrected chi connectivity index (χ0v) is 18.6. The summed E-state index contributed by atoms with van der Waals surface area (Å²) in [5, 5.41) is 10.5. The topological polar surface area (TPSA) is 38.3 Å². The lowest BCUT2D eigenvalue weighted by Crippen LogP contribution is -2.24. The van der Waals surface area contributed by atoms with Gasteiger partial charge in [0.2, 0.25) is 5.13 Å². The Labute approximate surface area is 182 Å². The van der Waals surface area contributed by atoms with Gasteiger partial charge in [-0.3, -0.25) is 0 Å². The second-order valence-corrected chi connectivity index (χ2v) is 8.25. The highest BCUT2D eigenvalue weighted by Gasteiger charge is 2.17. The van der Waals surface area contributed by atoms with Gasteiger partial charge in [-0.05, 0) is 49.6 Å². The van der Waals surface area contributed by atoms with Crippen LogP contribution in [0.3, 0.4) is 0 Å². The number of halogens is 1. The number of hydrogen-bond donors (Lipinski definition) is 0. The molecule has 0 spiro atoms. The van der Waals surface area contributed by atoms with E-state index in [1.54, 1.807) is 12.1 Å². The average Bonchev–Trinajstić information content (AvgIpc) is 3.22. The van der Waals surface area contributed by atoms with Crippen LogP contribution in [0.5, 0.6) is 5.75 Å². The zero-order valence-electron chi connectivity index (χ0n) is 17.8. The van der Waals surface area contributed by atoms with Gasteiger partial charge in [-0.25, -0.2) is 4.39 Å². The highest BCUT2D eigenvalue weighted by Crippen LogP contribution is 2.34. The molecule has 6 heteroatoms. The quantitative estimate of drug-likeness (QED) is 0.356. The molecule has 0 amide bonds. The van der Waals surface area contributed by atoms with Crippen molar-refractivity contribution in [1.29, 1.82) is 0 Å². The fraction of sp³-hybridized carbons (Fsp3) is 0.333. The van der Waals surface area contributed by atoms with E-state index in [9.17, 15) is 4.39 Å². The number of aryl methyl sites for hydroxylation is 2. The summed E-state index contributed by atoms with van der Waals surface area (Å²) in [6, 6.07) is 11.0. The highest BCUT2D eigenvalue weighted by atomic mass is 32.1. The van der Waals surface area contributed by atoms with Crippen LogP contribution in [-0.4, -0.2) is 23.3 Å². The molecule has 3 aromatic rings.